The number of hydrogen-bond acceptors (Lipinski definition) is 4. The number of rotatable bonds is 4. The average Bonchev–Trinajstić information content (AvgIpc) is 2.76. The summed E-state index contributed by atoms with van der Waals surface area (Å²) in [5, 5.41) is 10.8. The van der Waals surface area contributed by atoms with E-state index in [1.54, 1.807) is 14.2 Å². The molecule has 0 unspecified atom stereocenters. The number of nitrogens with one attached hydrogen (secondary N) is 2. The van der Waals surface area contributed by atoms with Crippen molar-refractivity contribution in [2.24, 2.45) is 0 Å². The van der Waals surface area contributed by atoms with Crippen LogP contribution in [-0.2, 0) is 0 Å². The fourth-order valence-corrected chi connectivity index (χ4v) is 2.22. The van der Waals surface area contributed by atoms with Gasteiger partial charge in [0.1, 0.15) is 0 Å². The molecule has 0 aliphatic rings. The lowest BCUT2D eigenvalue weighted by molar-refractivity contribution is 0.355. The second kappa shape index (κ2) is 5.68. The van der Waals surface area contributed by atoms with E-state index in [2.05, 4.69) is 36.3 Å². The minimum Gasteiger partial charge on any atom is -0.493 e. The first-order valence-corrected chi connectivity index (χ1v) is 6.91. The first-order valence-electron chi connectivity index (χ1n) is 6.91. The van der Waals surface area contributed by atoms with Crippen LogP contribution in [0.15, 0.2) is 18.2 Å². The number of hydrogen-bond donors (Lipinski definition) is 2. The van der Waals surface area contributed by atoms with Crippen LogP contribution in [0.5, 0.6) is 11.5 Å². The number of ether oxygens (including phenoxy) is 2. The number of methoxy groups -OCH3 is 2. The Morgan fingerprint density at radius 2 is 1.76 bits per heavy atom. The molecule has 114 valence electrons. The Balaban J connectivity index is 2.49. The third-order valence-corrected chi connectivity index (χ3v) is 3.11. The van der Waals surface area contributed by atoms with Gasteiger partial charge < -0.3 is 14.8 Å². The van der Waals surface area contributed by atoms with Crippen molar-refractivity contribution in [3.8, 4) is 22.6 Å². The molecular formula is C16H23N3O2. The summed E-state index contributed by atoms with van der Waals surface area (Å²) in [6, 6.07) is 5.87. The predicted octanol–water partition coefficient (Wildman–Crippen LogP) is 3.61. The predicted molar refractivity (Wildman–Crippen MR) is 85.2 cm³/mol. The minimum absolute atomic E-state index is 0.0626. The highest BCUT2D eigenvalue weighted by Crippen LogP contribution is 2.36. The highest BCUT2D eigenvalue weighted by atomic mass is 16.5. The quantitative estimate of drug-likeness (QED) is 0.902. The highest BCUT2D eigenvalue weighted by molar-refractivity contribution is 5.79. The van der Waals surface area contributed by atoms with Gasteiger partial charge in [-0.1, -0.05) is 6.07 Å². The molecule has 0 saturated carbocycles. The first kappa shape index (κ1) is 15.2. The fourth-order valence-electron chi connectivity index (χ4n) is 2.22. The van der Waals surface area contributed by atoms with E-state index in [4.69, 9.17) is 9.47 Å². The van der Waals surface area contributed by atoms with Crippen LogP contribution in [0.1, 0.15) is 26.5 Å². The molecule has 21 heavy (non-hydrogen) atoms. The Morgan fingerprint density at radius 1 is 1.10 bits per heavy atom. The van der Waals surface area contributed by atoms with Gasteiger partial charge in [0.25, 0.3) is 0 Å². The summed E-state index contributed by atoms with van der Waals surface area (Å²) in [4.78, 5) is 0. The van der Waals surface area contributed by atoms with E-state index in [1.165, 1.54) is 0 Å². The van der Waals surface area contributed by atoms with Crippen LogP contribution >= 0.6 is 0 Å². The van der Waals surface area contributed by atoms with E-state index in [0.717, 1.165) is 22.6 Å². The van der Waals surface area contributed by atoms with Crippen molar-refractivity contribution in [1.82, 2.24) is 10.2 Å². The van der Waals surface area contributed by atoms with E-state index in [1.807, 2.05) is 25.1 Å². The molecule has 2 rings (SSSR count). The molecule has 0 bridgehead atoms. The lowest BCUT2D eigenvalue weighted by atomic mass is 10.0. The molecule has 0 aliphatic carbocycles. The van der Waals surface area contributed by atoms with Gasteiger partial charge in [-0.3, -0.25) is 5.10 Å². The number of benzene rings is 1. The normalized spacial score (nSPS) is 11.3. The van der Waals surface area contributed by atoms with Gasteiger partial charge in [0, 0.05) is 16.8 Å². The third-order valence-electron chi connectivity index (χ3n) is 3.11. The second-order valence-electron chi connectivity index (χ2n) is 6.02. The average molecular weight is 289 g/mol. The third kappa shape index (κ3) is 3.29. The van der Waals surface area contributed by atoms with Crippen molar-refractivity contribution < 1.29 is 9.47 Å². The van der Waals surface area contributed by atoms with E-state index < -0.39 is 0 Å². The smallest absolute Gasteiger partial charge is 0.161 e. The Labute approximate surface area is 125 Å². The molecule has 1 aromatic carbocycles. The largest absolute Gasteiger partial charge is 0.493 e. The molecule has 1 aromatic heterocycles. The van der Waals surface area contributed by atoms with Crippen LogP contribution in [0, 0.1) is 6.92 Å². The Kier molecular flexibility index (Phi) is 4.11. The molecule has 0 aliphatic heterocycles. The molecule has 0 radical (unpaired) electrons. The van der Waals surface area contributed by atoms with E-state index in [0.29, 0.717) is 11.5 Å². The number of nitrogens with zero attached hydrogens (tertiary/aromatic N) is 1. The van der Waals surface area contributed by atoms with Gasteiger partial charge in [0.15, 0.2) is 17.3 Å². The zero-order valence-corrected chi connectivity index (χ0v) is 13.5. The van der Waals surface area contributed by atoms with Gasteiger partial charge in [-0.15, -0.1) is 0 Å². The van der Waals surface area contributed by atoms with Crippen molar-refractivity contribution in [1.29, 1.82) is 0 Å². The maximum atomic E-state index is 5.38. The van der Waals surface area contributed by atoms with E-state index in [-0.39, 0.29) is 5.54 Å². The SMILES string of the molecule is COc1ccc(-c2c(NC(C)(C)C)n[nH]c2C)cc1OC. The molecule has 0 atom stereocenters. The lowest BCUT2D eigenvalue weighted by Gasteiger charge is -2.21. The molecule has 2 aromatic rings. The van der Waals surface area contributed by atoms with Crippen LogP contribution in [-0.4, -0.2) is 30.0 Å². The maximum absolute atomic E-state index is 5.38. The zero-order valence-electron chi connectivity index (χ0n) is 13.5. The molecular weight excluding hydrogens is 266 g/mol. The Bertz CT molecular complexity index is 627. The molecule has 0 fully saturated rings. The van der Waals surface area contributed by atoms with Gasteiger partial charge in [-0.25, -0.2) is 0 Å². The highest BCUT2D eigenvalue weighted by Gasteiger charge is 2.19. The summed E-state index contributed by atoms with van der Waals surface area (Å²) in [6.07, 6.45) is 0. The number of H-pyrrole nitrogens is 1. The number of aryl methyl sites for hydroxylation is 1. The van der Waals surface area contributed by atoms with E-state index >= 15 is 0 Å². The molecule has 5 heteroatoms. The van der Waals surface area contributed by atoms with Crippen molar-refractivity contribution in [2.45, 2.75) is 33.2 Å². The van der Waals surface area contributed by atoms with Crippen LogP contribution in [0.25, 0.3) is 11.1 Å². The number of aromatic amines is 1. The summed E-state index contributed by atoms with van der Waals surface area (Å²) >= 11 is 0. The molecule has 0 amide bonds. The second-order valence-corrected chi connectivity index (χ2v) is 6.02. The molecule has 0 spiro atoms. The molecule has 1 heterocycles. The summed E-state index contributed by atoms with van der Waals surface area (Å²) in [5.74, 6) is 2.26. The number of anilines is 1. The van der Waals surface area contributed by atoms with Gasteiger partial charge in [0.2, 0.25) is 0 Å². The van der Waals surface area contributed by atoms with Crippen molar-refractivity contribution >= 4 is 5.82 Å². The molecule has 5 nitrogen and oxygen atoms in total. The van der Waals surface area contributed by atoms with Gasteiger partial charge >= 0.3 is 0 Å². The van der Waals surface area contributed by atoms with E-state index in [9.17, 15) is 0 Å². The molecule has 2 N–H and O–H groups in total. The zero-order chi connectivity index (χ0) is 15.6. The maximum Gasteiger partial charge on any atom is 0.161 e. The summed E-state index contributed by atoms with van der Waals surface area (Å²) in [6.45, 7) is 8.33. The molecule has 0 saturated heterocycles. The Hall–Kier alpha value is -2.17. The van der Waals surface area contributed by atoms with Gasteiger partial charge in [0.05, 0.1) is 14.2 Å². The van der Waals surface area contributed by atoms with Crippen molar-refractivity contribution in [3.63, 3.8) is 0 Å². The Morgan fingerprint density at radius 3 is 2.33 bits per heavy atom. The fraction of sp³-hybridized carbons (Fsp3) is 0.438. The van der Waals surface area contributed by atoms with Gasteiger partial charge in [-0.05, 0) is 45.4 Å². The lowest BCUT2D eigenvalue weighted by Crippen LogP contribution is -2.26. The summed E-state index contributed by atoms with van der Waals surface area (Å²) in [5.41, 5.74) is 3.03. The van der Waals surface area contributed by atoms with Crippen LogP contribution < -0.4 is 14.8 Å². The first-order chi connectivity index (χ1) is 9.85. The number of aromatic nitrogens is 2. The van der Waals surface area contributed by atoms with Gasteiger partial charge in [-0.2, -0.15) is 5.10 Å². The standard InChI is InChI=1S/C16H23N3O2/c1-10-14(15(19-18-10)17-16(2,3)4)11-7-8-12(20-5)13(9-11)21-6/h7-9H,1-6H3,(H2,17,18,19). The van der Waals surface area contributed by atoms with Crippen molar-refractivity contribution in [2.75, 3.05) is 19.5 Å². The monoisotopic (exact) mass is 289 g/mol. The topological polar surface area (TPSA) is 59.2 Å². The minimum atomic E-state index is -0.0626. The summed E-state index contributed by atoms with van der Waals surface area (Å²) < 4.78 is 10.7. The van der Waals surface area contributed by atoms with Crippen molar-refractivity contribution in [3.05, 3.63) is 23.9 Å². The van der Waals surface area contributed by atoms with Crippen LogP contribution in [0.3, 0.4) is 0 Å². The van der Waals surface area contributed by atoms with Crippen LogP contribution in [0.2, 0.25) is 0 Å². The summed E-state index contributed by atoms with van der Waals surface area (Å²) in [7, 11) is 3.27. The van der Waals surface area contributed by atoms with Crippen LogP contribution in [0.4, 0.5) is 5.82 Å².